The van der Waals surface area contributed by atoms with E-state index in [1.54, 1.807) is 0 Å². The van der Waals surface area contributed by atoms with Gasteiger partial charge in [-0.15, -0.1) is 0 Å². The standard InChI is InChI=1S/C14H16F4N2O2/c1-22-11-4-2-8(6-10(11)15)13(21)20-7-9(19)3-5-12(20)14(16,17)18/h2,4,6,9,12H,3,5,7,19H2,1H3. The van der Waals surface area contributed by atoms with E-state index in [0.29, 0.717) is 4.90 Å². The molecule has 1 saturated heterocycles. The summed E-state index contributed by atoms with van der Waals surface area (Å²) < 4.78 is 57.6. The summed E-state index contributed by atoms with van der Waals surface area (Å²) in [7, 11) is 1.25. The van der Waals surface area contributed by atoms with Crippen LogP contribution < -0.4 is 10.5 Å². The summed E-state index contributed by atoms with van der Waals surface area (Å²) in [5.41, 5.74) is 5.50. The first-order valence-corrected chi connectivity index (χ1v) is 6.71. The molecule has 0 radical (unpaired) electrons. The van der Waals surface area contributed by atoms with Gasteiger partial charge in [0.25, 0.3) is 5.91 Å². The summed E-state index contributed by atoms with van der Waals surface area (Å²) >= 11 is 0. The minimum absolute atomic E-state index is 0.0840. The van der Waals surface area contributed by atoms with Crippen molar-refractivity contribution < 1.29 is 27.1 Å². The number of ether oxygens (including phenoxy) is 1. The van der Waals surface area contributed by atoms with Crippen LogP contribution in [0.2, 0.25) is 0 Å². The molecule has 2 N–H and O–H groups in total. The Labute approximate surface area is 124 Å². The number of alkyl halides is 3. The molecule has 1 heterocycles. The second-order valence-corrected chi connectivity index (χ2v) is 5.20. The number of carbonyl (C=O) groups is 1. The third kappa shape index (κ3) is 3.32. The third-order valence-corrected chi connectivity index (χ3v) is 3.66. The van der Waals surface area contributed by atoms with Crippen LogP contribution in [0.4, 0.5) is 17.6 Å². The minimum Gasteiger partial charge on any atom is -0.494 e. The quantitative estimate of drug-likeness (QED) is 0.851. The zero-order valence-corrected chi connectivity index (χ0v) is 11.9. The first kappa shape index (κ1) is 16.5. The predicted octanol–water partition coefficient (Wildman–Crippen LogP) is 2.33. The van der Waals surface area contributed by atoms with Crippen LogP contribution in [0.15, 0.2) is 18.2 Å². The topological polar surface area (TPSA) is 55.6 Å². The van der Waals surface area contributed by atoms with Crippen molar-refractivity contribution in [3.63, 3.8) is 0 Å². The SMILES string of the molecule is COc1ccc(C(=O)N2CC(N)CCC2C(F)(F)F)cc1F. The van der Waals surface area contributed by atoms with Crippen LogP contribution in [-0.2, 0) is 0 Å². The molecule has 122 valence electrons. The molecule has 4 nitrogen and oxygen atoms in total. The predicted molar refractivity (Wildman–Crippen MR) is 71.0 cm³/mol. The largest absolute Gasteiger partial charge is 0.494 e. The highest BCUT2D eigenvalue weighted by molar-refractivity contribution is 5.94. The van der Waals surface area contributed by atoms with Gasteiger partial charge in [0.2, 0.25) is 0 Å². The van der Waals surface area contributed by atoms with Gasteiger partial charge in [-0.1, -0.05) is 0 Å². The van der Waals surface area contributed by atoms with Crippen molar-refractivity contribution in [1.82, 2.24) is 4.90 Å². The van der Waals surface area contributed by atoms with Crippen molar-refractivity contribution in [2.24, 2.45) is 5.73 Å². The Hall–Kier alpha value is -1.83. The van der Waals surface area contributed by atoms with Crippen molar-refractivity contribution in [1.29, 1.82) is 0 Å². The van der Waals surface area contributed by atoms with E-state index in [9.17, 15) is 22.4 Å². The summed E-state index contributed by atoms with van der Waals surface area (Å²) in [5.74, 6) is -1.78. The van der Waals surface area contributed by atoms with Gasteiger partial charge in [0, 0.05) is 18.2 Å². The van der Waals surface area contributed by atoms with E-state index in [1.807, 2.05) is 0 Å². The molecule has 1 aliphatic heterocycles. The van der Waals surface area contributed by atoms with Crippen molar-refractivity contribution in [3.8, 4) is 5.75 Å². The number of halogens is 4. The molecule has 1 aliphatic rings. The molecule has 22 heavy (non-hydrogen) atoms. The Bertz CT molecular complexity index is 562. The van der Waals surface area contributed by atoms with E-state index in [1.165, 1.54) is 19.2 Å². The number of nitrogens with two attached hydrogens (primary N) is 1. The number of piperidine rings is 1. The van der Waals surface area contributed by atoms with E-state index in [-0.39, 0.29) is 30.7 Å². The fraction of sp³-hybridized carbons (Fsp3) is 0.500. The first-order chi connectivity index (χ1) is 10.2. The van der Waals surface area contributed by atoms with Crippen molar-refractivity contribution in [3.05, 3.63) is 29.6 Å². The van der Waals surface area contributed by atoms with Gasteiger partial charge in [-0.25, -0.2) is 4.39 Å². The number of benzene rings is 1. The summed E-state index contributed by atoms with van der Waals surface area (Å²) in [4.78, 5) is 13.0. The first-order valence-electron chi connectivity index (χ1n) is 6.71. The maximum absolute atomic E-state index is 13.6. The number of hydrogen-bond acceptors (Lipinski definition) is 3. The second kappa shape index (κ2) is 6.12. The van der Waals surface area contributed by atoms with Crippen molar-refractivity contribution >= 4 is 5.91 Å². The van der Waals surface area contributed by atoms with Crippen LogP contribution in [0.5, 0.6) is 5.75 Å². The van der Waals surface area contributed by atoms with Gasteiger partial charge in [0.15, 0.2) is 11.6 Å². The number of amides is 1. The van der Waals surface area contributed by atoms with E-state index in [4.69, 9.17) is 10.5 Å². The molecule has 1 aromatic carbocycles. The number of methoxy groups -OCH3 is 1. The van der Waals surface area contributed by atoms with Gasteiger partial charge in [0.1, 0.15) is 6.04 Å². The van der Waals surface area contributed by atoms with Gasteiger partial charge >= 0.3 is 6.18 Å². The van der Waals surface area contributed by atoms with Crippen LogP contribution in [0.1, 0.15) is 23.2 Å². The Morgan fingerprint density at radius 1 is 1.36 bits per heavy atom. The molecule has 0 bridgehead atoms. The summed E-state index contributed by atoms with van der Waals surface area (Å²) in [6.07, 6.45) is -4.61. The highest BCUT2D eigenvalue weighted by atomic mass is 19.4. The molecule has 2 rings (SSSR count). The molecule has 0 spiro atoms. The number of carbonyl (C=O) groups excluding carboxylic acids is 1. The molecule has 8 heteroatoms. The fourth-order valence-electron chi connectivity index (χ4n) is 2.53. The number of likely N-dealkylation sites (tertiary alicyclic amines) is 1. The van der Waals surface area contributed by atoms with Crippen LogP contribution in [0, 0.1) is 5.82 Å². The molecule has 2 atom stereocenters. The molecular formula is C14H16F4N2O2. The lowest BCUT2D eigenvalue weighted by Gasteiger charge is -2.39. The lowest BCUT2D eigenvalue weighted by Crippen LogP contribution is -2.56. The molecule has 0 aliphatic carbocycles. The molecule has 1 aromatic rings. The highest BCUT2D eigenvalue weighted by Gasteiger charge is 2.47. The summed E-state index contributed by atoms with van der Waals surface area (Å²) in [5, 5.41) is 0. The van der Waals surface area contributed by atoms with Gasteiger partial charge in [-0.3, -0.25) is 4.79 Å². The molecular weight excluding hydrogens is 304 g/mol. The number of rotatable bonds is 2. The number of hydrogen-bond donors (Lipinski definition) is 1. The van der Waals surface area contributed by atoms with E-state index < -0.39 is 30.0 Å². The zero-order valence-electron chi connectivity index (χ0n) is 11.9. The van der Waals surface area contributed by atoms with Gasteiger partial charge in [-0.05, 0) is 31.0 Å². The summed E-state index contributed by atoms with van der Waals surface area (Å²) in [6.45, 7) is -0.212. The average molecular weight is 320 g/mol. The van der Waals surface area contributed by atoms with Gasteiger partial charge in [0.05, 0.1) is 7.11 Å². The monoisotopic (exact) mass is 320 g/mol. The van der Waals surface area contributed by atoms with Crippen LogP contribution in [-0.4, -0.2) is 42.7 Å². The van der Waals surface area contributed by atoms with Gasteiger partial charge in [-0.2, -0.15) is 13.2 Å². The highest BCUT2D eigenvalue weighted by Crippen LogP contribution is 2.33. The molecule has 1 amide bonds. The van der Waals surface area contributed by atoms with Gasteiger partial charge < -0.3 is 15.4 Å². The Balaban J connectivity index is 2.30. The minimum atomic E-state index is -4.54. The Morgan fingerprint density at radius 2 is 2.05 bits per heavy atom. The maximum Gasteiger partial charge on any atom is 0.408 e. The van der Waals surface area contributed by atoms with Crippen molar-refractivity contribution in [2.45, 2.75) is 31.1 Å². The number of nitrogens with zero attached hydrogens (tertiary/aromatic N) is 1. The second-order valence-electron chi connectivity index (χ2n) is 5.20. The van der Waals surface area contributed by atoms with E-state index >= 15 is 0 Å². The van der Waals surface area contributed by atoms with Crippen LogP contribution in [0.25, 0.3) is 0 Å². The third-order valence-electron chi connectivity index (χ3n) is 3.66. The van der Waals surface area contributed by atoms with E-state index in [0.717, 1.165) is 6.07 Å². The lowest BCUT2D eigenvalue weighted by molar-refractivity contribution is -0.184. The maximum atomic E-state index is 13.6. The molecule has 0 aromatic heterocycles. The molecule has 2 unspecified atom stereocenters. The van der Waals surface area contributed by atoms with Crippen LogP contribution >= 0.6 is 0 Å². The van der Waals surface area contributed by atoms with Crippen LogP contribution in [0.3, 0.4) is 0 Å². The zero-order chi connectivity index (χ0) is 16.5. The smallest absolute Gasteiger partial charge is 0.408 e. The fourth-order valence-corrected chi connectivity index (χ4v) is 2.53. The van der Waals surface area contributed by atoms with Crippen molar-refractivity contribution in [2.75, 3.05) is 13.7 Å². The lowest BCUT2D eigenvalue weighted by atomic mass is 9.97. The Kier molecular flexibility index (Phi) is 4.60. The normalized spacial score (nSPS) is 22.5. The molecule has 1 fully saturated rings. The average Bonchev–Trinajstić information content (AvgIpc) is 2.45. The molecule has 0 saturated carbocycles. The summed E-state index contributed by atoms with van der Waals surface area (Å²) in [6, 6.07) is 0.886. The Morgan fingerprint density at radius 3 is 2.59 bits per heavy atom. The van der Waals surface area contributed by atoms with E-state index in [2.05, 4.69) is 0 Å².